The summed E-state index contributed by atoms with van der Waals surface area (Å²) in [5.74, 6) is 1.23. The molecular weight excluding hydrogens is 308 g/mol. The van der Waals surface area contributed by atoms with Crippen LogP contribution in [0.25, 0.3) is 20.7 Å². The van der Waals surface area contributed by atoms with Crippen LogP contribution in [0.15, 0.2) is 59.6 Å². The minimum absolute atomic E-state index is 0.0308. The topological polar surface area (TPSA) is 25.8 Å². The van der Waals surface area contributed by atoms with Gasteiger partial charge < -0.3 is 0 Å². The zero-order chi connectivity index (χ0) is 14.8. The molecule has 0 N–H and O–H groups in total. The van der Waals surface area contributed by atoms with E-state index < -0.39 is 0 Å². The number of rotatable bonds is 4. The monoisotopic (exact) mass is 323 g/mol. The van der Waals surface area contributed by atoms with Gasteiger partial charge in [-0.05, 0) is 40.2 Å². The molecule has 1 aliphatic heterocycles. The van der Waals surface area contributed by atoms with Crippen LogP contribution in [-0.4, -0.2) is 15.7 Å². The summed E-state index contributed by atoms with van der Waals surface area (Å²) in [6.07, 6.45) is 10.0. The molecule has 0 spiro atoms. The Morgan fingerprint density at radius 3 is 2.91 bits per heavy atom. The van der Waals surface area contributed by atoms with Crippen molar-refractivity contribution in [3.63, 3.8) is 0 Å². The fourth-order valence-electron chi connectivity index (χ4n) is 2.54. The standard InChI is InChI=1S/C18H15N2S2/c1-2-8-22(7-1)9-6-14-4-3-5-15(10-14)17-11-16-18(21-17)12-19-13-20-16/h1-5,7-8,10-11,13,22H,6,9H2. The van der Waals surface area contributed by atoms with Gasteiger partial charge in [-0.2, -0.15) is 0 Å². The number of benzene rings is 1. The Morgan fingerprint density at radius 2 is 2.05 bits per heavy atom. The van der Waals surface area contributed by atoms with Crippen molar-refractivity contribution in [3.05, 3.63) is 71.4 Å². The largest absolute Gasteiger partial charge is 0.235 e. The van der Waals surface area contributed by atoms with E-state index in [1.807, 2.05) is 0 Å². The highest BCUT2D eigenvalue weighted by Gasteiger charge is 2.07. The molecule has 0 unspecified atom stereocenters. The van der Waals surface area contributed by atoms with Crippen LogP contribution < -0.4 is 0 Å². The summed E-state index contributed by atoms with van der Waals surface area (Å²) in [7, 11) is -0.0308. The van der Waals surface area contributed by atoms with Crippen LogP contribution in [0.5, 0.6) is 0 Å². The highest BCUT2D eigenvalue weighted by molar-refractivity contribution is 8.22. The predicted molar refractivity (Wildman–Crippen MR) is 97.5 cm³/mol. The lowest BCUT2D eigenvalue weighted by atomic mass is 10.1. The van der Waals surface area contributed by atoms with Gasteiger partial charge in [0.15, 0.2) is 0 Å². The second-order valence-corrected chi connectivity index (χ2v) is 8.31. The van der Waals surface area contributed by atoms with Gasteiger partial charge in [0.2, 0.25) is 0 Å². The smallest absolute Gasteiger partial charge is 0.116 e. The third-order valence-corrected chi connectivity index (χ3v) is 6.60. The first-order valence-electron chi connectivity index (χ1n) is 7.21. The van der Waals surface area contributed by atoms with Crippen molar-refractivity contribution in [2.24, 2.45) is 0 Å². The van der Waals surface area contributed by atoms with E-state index in [0.717, 1.165) is 16.6 Å². The summed E-state index contributed by atoms with van der Waals surface area (Å²) < 4.78 is 1.02. The Morgan fingerprint density at radius 1 is 1.14 bits per heavy atom. The summed E-state index contributed by atoms with van der Waals surface area (Å²) in [4.78, 5) is 9.50. The molecule has 3 heterocycles. The number of allylic oxidation sites excluding steroid dienone is 2. The van der Waals surface area contributed by atoms with Gasteiger partial charge in [-0.1, -0.05) is 36.4 Å². The lowest BCUT2D eigenvalue weighted by molar-refractivity contribution is 1.16. The minimum atomic E-state index is -0.0308. The Balaban J connectivity index is 1.57. The third-order valence-electron chi connectivity index (χ3n) is 3.67. The third kappa shape index (κ3) is 2.85. The van der Waals surface area contributed by atoms with Gasteiger partial charge in [-0.15, -0.1) is 11.3 Å². The molecule has 0 bridgehead atoms. The SMILES string of the molecule is [c]1ncnc2cc(-c3cccc(CC[SH]4C=CC=C4)c3)sc12. The number of aromatic nitrogens is 2. The van der Waals surface area contributed by atoms with Crippen molar-refractivity contribution in [2.75, 3.05) is 5.75 Å². The van der Waals surface area contributed by atoms with Crippen LogP contribution in [0.4, 0.5) is 0 Å². The van der Waals surface area contributed by atoms with Crippen molar-refractivity contribution in [2.45, 2.75) is 6.42 Å². The van der Waals surface area contributed by atoms with Crippen LogP contribution in [0, 0.1) is 6.20 Å². The molecule has 0 atom stereocenters. The summed E-state index contributed by atoms with van der Waals surface area (Å²) in [5.41, 5.74) is 3.64. The lowest BCUT2D eigenvalue weighted by Gasteiger charge is -2.10. The average molecular weight is 323 g/mol. The van der Waals surface area contributed by atoms with Crippen LogP contribution in [0.1, 0.15) is 5.56 Å². The molecule has 22 heavy (non-hydrogen) atoms. The molecule has 1 radical (unpaired) electrons. The summed E-state index contributed by atoms with van der Waals surface area (Å²) in [6.45, 7) is 0. The van der Waals surface area contributed by atoms with Gasteiger partial charge in [0.1, 0.15) is 12.5 Å². The first-order valence-corrected chi connectivity index (χ1v) is 9.69. The number of aryl methyl sites for hydroxylation is 1. The zero-order valence-electron chi connectivity index (χ0n) is 11.9. The number of nitrogens with zero attached hydrogens (tertiary/aromatic N) is 2. The fraction of sp³-hybridized carbons (Fsp3) is 0.111. The molecule has 4 heteroatoms. The Labute approximate surface area is 136 Å². The van der Waals surface area contributed by atoms with E-state index in [-0.39, 0.29) is 10.9 Å². The number of thiol groups is 1. The lowest BCUT2D eigenvalue weighted by Crippen LogP contribution is -1.90. The van der Waals surface area contributed by atoms with Crippen LogP contribution >= 0.6 is 22.2 Å². The number of hydrogen-bond acceptors (Lipinski definition) is 3. The van der Waals surface area contributed by atoms with Gasteiger partial charge in [-0.3, -0.25) is 0 Å². The van der Waals surface area contributed by atoms with Crippen molar-refractivity contribution < 1.29 is 0 Å². The van der Waals surface area contributed by atoms with Crippen LogP contribution in [0.2, 0.25) is 0 Å². The first-order chi connectivity index (χ1) is 10.9. The van der Waals surface area contributed by atoms with Gasteiger partial charge in [-0.25, -0.2) is 20.9 Å². The average Bonchev–Trinajstić information content (AvgIpc) is 3.22. The quantitative estimate of drug-likeness (QED) is 0.702. The van der Waals surface area contributed by atoms with E-state index >= 15 is 0 Å². The Hall–Kier alpha value is -1.91. The Kier molecular flexibility index (Phi) is 3.79. The van der Waals surface area contributed by atoms with Gasteiger partial charge in [0.25, 0.3) is 0 Å². The predicted octanol–water partition coefficient (Wildman–Crippen LogP) is 4.74. The van der Waals surface area contributed by atoms with E-state index in [1.54, 1.807) is 17.7 Å². The highest BCUT2D eigenvalue weighted by Crippen LogP contribution is 2.35. The second-order valence-electron chi connectivity index (χ2n) is 5.18. The fourth-order valence-corrected chi connectivity index (χ4v) is 5.04. The molecule has 0 amide bonds. The van der Waals surface area contributed by atoms with E-state index in [9.17, 15) is 0 Å². The van der Waals surface area contributed by atoms with E-state index in [4.69, 9.17) is 0 Å². The summed E-state index contributed by atoms with van der Waals surface area (Å²) in [6, 6.07) is 11.0. The first kappa shape index (κ1) is 13.7. The summed E-state index contributed by atoms with van der Waals surface area (Å²) >= 11 is 1.70. The van der Waals surface area contributed by atoms with Crippen molar-refractivity contribution >= 4 is 32.4 Å². The van der Waals surface area contributed by atoms with Crippen molar-refractivity contribution in [1.29, 1.82) is 0 Å². The zero-order valence-corrected chi connectivity index (χ0v) is 13.6. The van der Waals surface area contributed by atoms with Gasteiger partial charge >= 0.3 is 0 Å². The highest BCUT2D eigenvalue weighted by atomic mass is 32.2. The van der Waals surface area contributed by atoms with Gasteiger partial charge in [0.05, 0.1) is 10.2 Å². The van der Waals surface area contributed by atoms with Gasteiger partial charge in [0, 0.05) is 4.88 Å². The molecule has 0 saturated heterocycles. The maximum atomic E-state index is 4.29. The number of thiophene rings is 1. The second kappa shape index (κ2) is 6.07. The van der Waals surface area contributed by atoms with Crippen molar-refractivity contribution in [3.8, 4) is 10.4 Å². The van der Waals surface area contributed by atoms with Crippen LogP contribution in [-0.2, 0) is 6.42 Å². The normalized spacial score (nSPS) is 15.0. The van der Waals surface area contributed by atoms with E-state index in [2.05, 4.69) is 69.5 Å². The molecule has 109 valence electrons. The van der Waals surface area contributed by atoms with E-state index in [0.29, 0.717) is 0 Å². The van der Waals surface area contributed by atoms with E-state index in [1.165, 1.54) is 21.8 Å². The maximum Gasteiger partial charge on any atom is 0.116 e. The number of hydrogen-bond donors (Lipinski definition) is 1. The molecule has 4 rings (SSSR count). The Bertz CT molecular complexity index is 819. The number of fused-ring (bicyclic) bond motifs is 1. The van der Waals surface area contributed by atoms with Crippen molar-refractivity contribution in [1.82, 2.24) is 9.97 Å². The minimum Gasteiger partial charge on any atom is -0.235 e. The molecule has 1 aromatic carbocycles. The molecular formula is C18H15N2S2. The molecule has 0 aliphatic carbocycles. The molecule has 3 aromatic rings. The maximum absolute atomic E-state index is 4.29. The molecule has 2 nitrogen and oxygen atoms in total. The molecule has 1 aliphatic rings. The summed E-state index contributed by atoms with van der Waals surface area (Å²) in [5, 5.41) is 4.67. The molecule has 0 fully saturated rings. The molecule has 2 aromatic heterocycles. The molecule has 0 saturated carbocycles. The van der Waals surface area contributed by atoms with Crippen LogP contribution in [0.3, 0.4) is 0 Å².